The van der Waals surface area contributed by atoms with Gasteiger partial charge >= 0.3 is 0 Å². The number of aromatic nitrogens is 1. The summed E-state index contributed by atoms with van der Waals surface area (Å²) in [6, 6.07) is 9.05. The predicted molar refractivity (Wildman–Crippen MR) is 74.9 cm³/mol. The molecule has 0 bridgehead atoms. The molecule has 1 aromatic heterocycles. The molecule has 0 radical (unpaired) electrons. The number of rotatable bonds is 3. The van der Waals surface area contributed by atoms with E-state index in [4.69, 9.17) is 4.74 Å². The molecule has 0 unspecified atom stereocenters. The Kier molecular flexibility index (Phi) is 3.75. The Labute approximate surface area is 117 Å². The zero-order chi connectivity index (χ0) is 13.1. The van der Waals surface area contributed by atoms with Gasteiger partial charge in [-0.15, -0.1) is 0 Å². The predicted octanol–water partition coefficient (Wildman–Crippen LogP) is 3.70. The maximum Gasteiger partial charge on any atom is 0.290 e. The number of ether oxygens (including phenoxy) is 1. The topological polar surface area (TPSA) is 65.3 Å². The van der Waals surface area contributed by atoms with E-state index in [1.807, 2.05) is 24.3 Å². The zero-order valence-electron chi connectivity index (χ0n) is 9.46. The second-order valence-electron chi connectivity index (χ2n) is 3.60. The molecule has 92 valence electrons. The number of hydrogen-bond donors (Lipinski definition) is 0. The van der Waals surface area contributed by atoms with Gasteiger partial charge in [0.1, 0.15) is 11.9 Å². The molecule has 0 saturated heterocycles. The van der Waals surface area contributed by atoms with Crippen LogP contribution in [0.2, 0.25) is 0 Å². The first kappa shape index (κ1) is 12.7. The van der Waals surface area contributed by atoms with Gasteiger partial charge in [0.2, 0.25) is 5.88 Å². The maximum atomic E-state index is 10.7. The Morgan fingerprint density at radius 2 is 2.11 bits per heavy atom. The van der Waals surface area contributed by atoms with Crippen LogP contribution in [0.5, 0.6) is 11.6 Å². The molecule has 0 aliphatic carbocycles. The minimum absolute atomic E-state index is 0.00916. The highest BCUT2D eigenvalue weighted by Crippen LogP contribution is 2.27. The normalized spacial score (nSPS) is 10.1. The summed E-state index contributed by atoms with van der Waals surface area (Å²) in [4.78, 5) is 14.1. The quantitative estimate of drug-likeness (QED) is 0.478. The molecule has 0 spiro atoms. The van der Waals surface area contributed by atoms with E-state index in [0.717, 1.165) is 3.57 Å². The third kappa shape index (κ3) is 2.76. The number of halogens is 1. The monoisotopic (exact) mass is 356 g/mol. The lowest BCUT2D eigenvalue weighted by molar-refractivity contribution is -0.385. The van der Waals surface area contributed by atoms with Gasteiger partial charge in [-0.3, -0.25) is 10.1 Å². The first-order valence-electron chi connectivity index (χ1n) is 5.11. The van der Waals surface area contributed by atoms with Crippen molar-refractivity contribution in [3.05, 3.63) is 55.8 Å². The van der Waals surface area contributed by atoms with Crippen molar-refractivity contribution in [3.8, 4) is 11.6 Å². The Bertz CT molecular complexity index is 602. The van der Waals surface area contributed by atoms with Gasteiger partial charge in [0, 0.05) is 11.6 Å². The Morgan fingerprint density at radius 3 is 2.72 bits per heavy atom. The Hall–Kier alpha value is -1.70. The van der Waals surface area contributed by atoms with E-state index in [1.165, 1.54) is 6.20 Å². The summed E-state index contributed by atoms with van der Waals surface area (Å²) in [5.41, 5.74) is 0.515. The van der Waals surface area contributed by atoms with Crippen molar-refractivity contribution in [2.75, 3.05) is 0 Å². The number of pyridine rings is 1. The van der Waals surface area contributed by atoms with E-state index < -0.39 is 4.92 Å². The lowest BCUT2D eigenvalue weighted by Gasteiger charge is -2.06. The fraction of sp³-hybridized carbons (Fsp3) is 0.0833. The standard InChI is InChI=1S/C12H9IN2O3/c1-8-6-12(14-7-10(8)15(16)17)18-11-5-3-2-4-9(11)13/h2-7H,1H3. The van der Waals surface area contributed by atoms with Gasteiger partial charge in [-0.2, -0.15) is 0 Å². The molecule has 1 aromatic carbocycles. The van der Waals surface area contributed by atoms with E-state index in [2.05, 4.69) is 27.6 Å². The molecule has 6 heteroatoms. The Balaban J connectivity index is 2.29. The first-order valence-corrected chi connectivity index (χ1v) is 6.19. The molecule has 1 heterocycles. The third-order valence-electron chi connectivity index (χ3n) is 2.31. The van der Waals surface area contributed by atoms with Crippen molar-refractivity contribution in [1.29, 1.82) is 0 Å². The average Bonchev–Trinajstić information content (AvgIpc) is 2.32. The summed E-state index contributed by atoms with van der Waals surface area (Å²) in [6.45, 7) is 1.66. The van der Waals surface area contributed by atoms with Crippen molar-refractivity contribution in [3.63, 3.8) is 0 Å². The second-order valence-corrected chi connectivity index (χ2v) is 4.76. The van der Waals surface area contributed by atoms with Crippen LogP contribution in [0.25, 0.3) is 0 Å². The molecule has 18 heavy (non-hydrogen) atoms. The lowest BCUT2D eigenvalue weighted by Crippen LogP contribution is -1.95. The van der Waals surface area contributed by atoms with Gasteiger partial charge in [-0.25, -0.2) is 4.98 Å². The van der Waals surface area contributed by atoms with Crippen LogP contribution in [0.1, 0.15) is 5.56 Å². The minimum atomic E-state index is -0.460. The average molecular weight is 356 g/mol. The van der Waals surface area contributed by atoms with Crippen molar-refractivity contribution in [2.24, 2.45) is 0 Å². The van der Waals surface area contributed by atoms with Gasteiger partial charge in [0.05, 0.1) is 8.49 Å². The molecule has 0 amide bonds. The Morgan fingerprint density at radius 1 is 1.39 bits per heavy atom. The second kappa shape index (κ2) is 5.30. The van der Waals surface area contributed by atoms with E-state index in [9.17, 15) is 10.1 Å². The molecule has 0 fully saturated rings. The smallest absolute Gasteiger partial charge is 0.290 e. The number of benzene rings is 1. The van der Waals surface area contributed by atoms with E-state index in [-0.39, 0.29) is 5.69 Å². The maximum absolute atomic E-state index is 10.7. The van der Waals surface area contributed by atoms with Crippen LogP contribution in [0, 0.1) is 20.6 Å². The van der Waals surface area contributed by atoms with Crippen molar-refractivity contribution in [2.45, 2.75) is 6.92 Å². The summed E-state index contributed by atoms with van der Waals surface area (Å²) in [5, 5.41) is 10.7. The summed E-state index contributed by atoms with van der Waals surface area (Å²) in [5.74, 6) is 1.03. The first-order chi connectivity index (χ1) is 8.58. The molecule has 0 saturated carbocycles. The molecule has 2 rings (SSSR count). The van der Waals surface area contributed by atoms with Crippen molar-refractivity contribution < 1.29 is 9.66 Å². The summed E-state index contributed by atoms with van der Waals surface area (Å²) in [6.07, 6.45) is 1.21. The van der Waals surface area contributed by atoms with E-state index in [1.54, 1.807) is 13.0 Å². The molecule has 0 aliphatic heterocycles. The number of nitro groups is 1. The van der Waals surface area contributed by atoms with Crippen molar-refractivity contribution >= 4 is 28.3 Å². The van der Waals surface area contributed by atoms with Gasteiger partial charge in [0.15, 0.2) is 0 Å². The fourth-order valence-electron chi connectivity index (χ4n) is 1.41. The molecule has 2 aromatic rings. The molecule has 5 nitrogen and oxygen atoms in total. The number of hydrogen-bond acceptors (Lipinski definition) is 4. The van der Waals surface area contributed by atoms with E-state index in [0.29, 0.717) is 17.2 Å². The number of para-hydroxylation sites is 1. The van der Waals surface area contributed by atoms with Gasteiger partial charge in [-0.05, 0) is 41.6 Å². The third-order valence-corrected chi connectivity index (χ3v) is 3.20. The highest BCUT2D eigenvalue weighted by Gasteiger charge is 2.12. The SMILES string of the molecule is Cc1cc(Oc2ccccc2I)ncc1[N+](=O)[O-]. The van der Waals surface area contributed by atoms with Crippen LogP contribution in [-0.2, 0) is 0 Å². The van der Waals surface area contributed by atoms with Gasteiger partial charge in [0.25, 0.3) is 5.69 Å². The molecular formula is C12H9IN2O3. The van der Waals surface area contributed by atoms with Crippen LogP contribution < -0.4 is 4.74 Å². The van der Waals surface area contributed by atoms with Gasteiger partial charge in [-0.1, -0.05) is 12.1 Å². The molecule has 0 atom stereocenters. The van der Waals surface area contributed by atoms with Gasteiger partial charge < -0.3 is 4.74 Å². The minimum Gasteiger partial charge on any atom is -0.438 e. The molecule has 0 aliphatic rings. The summed E-state index contributed by atoms with van der Waals surface area (Å²) < 4.78 is 6.54. The highest BCUT2D eigenvalue weighted by molar-refractivity contribution is 14.1. The van der Waals surface area contributed by atoms with Crippen molar-refractivity contribution in [1.82, 2.24) is 4.98 Å². The summed E-state index contributed by atoms with van der Waals surface area (Å²) >= 11 is 2.15. The van der Waals surface area contributed by atoms with Crippen LogP contribution in [0.4, 0.5) is 5.69 Å². The molecule has 0 N–H and O–H groups in total. The summed E-state index contributed by atoms with van der Waals surface area (Å²) in [7, 11) is 0. The lowest BCUT2D eigenvalue weighted by atomic mass is 10.2. The largest absolute Gasteiger partial charge is 0.438 e. The number of aryl methyl sites for hydroxylation is 1. The van der Waals surface area contributed by atoms with Crippen LogP contribution in [0.3, 0.4) is 0 Å². The fourth-order valence-corrected chi connectivity index (χ4v) is 1.91. The number of nitrogens with zero attached hydrogens (tertiary/aromatic N) is 2. The highest BCUT2D eigenvalue weighted by atomic mass is 127. The van der Waals surface area contributed by atoms with Crippen LogP contribution >= 0.6 is 22.6 Å². The zero-order valence-corrected chi connectivity index (χ0v) is 11.6. The van der Waals surface area contributed by atoms with Crippen LogP contribution in [-0.4, -0.2) is 9.91 Å². The molecular weight excluding hydrogens is 347 g/mol. The van der Waals surface area contributed by atoms with E-state index >= 15 is 0 Å². The van der Waals surface area contributed by atoms with Crippen LogP contribution in [0.15, 0.2) is 36.5 Å².